The lowest BCUT2D eigenvalue weighted by molar-refractivity contribution is 0.234. The number of aliphatic hydroxyl groups is 1. The van der Waals surface area contributed by atoms with Crippen LogP contribution in [0.5, 0.6) is 0 Å². The van der Waals surface area contributed by atoms with Crippen molar-refractivity contribution in [3.05, 3.63) is 24.3 Å². The first kappa shape index (κ1) is 15.2. The number of anilines is 1. The van der Waals surface area contributed by atoms with Crippen molar-refractivity contribution in [2.24, 2.45) is 5.92 Å². The van der Waals surface area contributed by atoms with Gasteiger partial charge in [0.15, 0.2) is 0 Å². The Hall–Kier alpha value is -1.21. The number of benzene rings is 1. The highest BCUT2D eigenvalue weighted by Crippen LogP contribution is 2.27. The van der Waals surface area contributed by atoms with Crippen LogP contribution in [0.2, 0.25) is 0 Å². The molecule has 1 aromatic rings. The number of aliphatic hydroxyl groups excluding tert-OH is 1. The number of alkyl halides is 2. The second-order valence-electron chi connectivity index (χ2n) is 4.91. The quantitative estimate of drug-likeness (QED) is 0.902. The normalized spacial score (nSPS) is 19.8. The molecule has 0 radical (unpaired) electrons. The van der Waals surface area contributed by atoms with Gasteiger partial charge in [0.1, 0.15) is 0 Å². The van der Waals surface area contributed by atoms with Gasteiger partial charge < -0.3 is 10.0 Å². The lowest BCUT2D eigenvalue weighted by Crippen LogP contribution is -2.20. The maximum atomic E-state index is 12.4. The summed E-state index contributed by atoms with van der Waals surface area (Å²) in [6, 6.07) is 5.54. The Morgan fingerprint density at radius 2 is 1.95 bits per heavy atom. The maximum Gasteiger partial charge on any atom is 0.341 e. The number of nitrogens with zero attached hydrogens (tertiary/aromatic N) is 1. The zero-order chi connectivity index (χ0) is 14.8. The van der Waals surface area contributed by atoms with E-state index in [1.54, 1.807) is 12.1 Å². The van der Waals surface area contributed by atoms with Gasteiger partial charge in [0, 0.05) is 25.4 Å². The van der Waals surface area contributed by atoms with Gasteiger partial charge in [-0.25, -0.2) is 8.42 Å². The van der Waals surface area contributed by atoms with E-state index in [0.29, 0.717) is 5.92 Å². The van der Waals surface area contributed by atoms with Crippen LogP contribution in [0.25, 0.3) is 0 Å². The molecule has 20 heavy (non-hydrogen) atoms. The molecule has 0 spiro atoms. The fraction of sp³-hybridized carbons (Fsp3) is 0.538. The van der Waals surface area contributed by atoms with Crippen molar-refractivity contribution in [1.82, 2.24) is 0 Å². The standard InChI is InChI=1S/C13H17F2NO3S/c14-13(15)20(18,19)12-3-1-11(2-4-12)16-7-5-10(9-16)6-8-17/h1-4,10,13,17H,5-9H2. The van der Waals surface area contributed by atoms with Crippen molar-refractivity contribution in [3.8, 4) is 0 Å². The van der Waals surface area contributed by atoms with E-state index in [-0.39, 0.29) is 11.5 Å². The van der Waals surface area contributed by atoms with Gasteiger partial charge in [0.2, 0.25) is 9.84 Å². The number of halogens is 2. The summed E-state index contributed by atoms with van der Waals surface area (Å²) >= 11 is 0. The summed E-state index contributed by atoms with van der Waals surface area (Å²) in [4.78, 5) is 1.71. The van der Waals surface area contributed by atoms with Gasteiger partial charge in [0.25, 0.3) is 0 Å². The average molecular weight is 305 g/mol. The molecule has 1 N–H and O–H groups in total. The predicted octanol–water partition coefficient (Wildman–Crippen LogP) is 1.89. The van der Waals surface area contributed by atoms with Gasteiger partial charge in [0.05, 0.1) is 4.90 Å². The molecular formula is C13H17F2NO3S. The molecule has 1 atom stereocenters. The molecule has 1 unspecified atom stereocenters. The first-order valence-corrected chi connectivity index (χ1v) is 7.97. The van der Waals surface area contributed by atoms with Crippen LogP contribution < -0.4 is 4.90 Å². The first-order valence-electron chi connectivity index (χ1n) is 6.43. The number of sulfone groups is 1. The highest BCUT2D eigenvalue weighted by molar-refractivity contribution is 7.91. The van der Waals surface area contributed by atoms with Crippen molar-refractivity contribution in [2.75, 3.05) is 24.6 Å². The summed E-state index contributed by atoms with van der Waals surface area (Å²) < 4.78 is 47.4. The predicted molar refractivity (Wildman–Crippen MR) is 71.7 cm³/mol. The van der Waals surface area contributed by atoms with E-state index in [1.807, 2.05) is 0 Å². The molecule has 1 aromatic carbocycles. The summed E-state index contributed by atoms with van der Waals surface area (Å²) in [7, 11) is -4.52. The van der Waals surface area contributed by atoms with Gasteiger partial charge >= 0.3 is 5.76 Å². The molecular weight excluding hydrogens is 288 g/mol. The van der Waals surface area contributed by atoms with Crippen LogP contribution in [0.15, 0.2) is 29.2 Å². The Labute approximate surface area is 116 Å². The van der Waals surface area contributed by atoms with Crippen LogP contribution in [0.3, 0.4) is 0 Å². The molecule has 1 heterocycles. The molecule has 112 valence electrons. The second-order valence-corrected chi connectivity index (χ2v) is 6.83. The van der Waals surface area contributed by atoms with Crippen molar-refractivity contribution in [1.29, 1.82) is 0 Å². The minimum atomic E-state index is -4.52. The molecule has 0 aliphatic carbocycles. The molecule has 0 saturated carbocycles. The van der Waals surface area contributed by atoms with Gasteiger partial charge in [-0.3, -0.25) is 0 Å². The fourth-order valence-corrected chi connectivity index (χ4v) is 3.16. The molecule has 0 amide bonds. The van der Waals surface area contributed by atoms with Crippen LogP contribution in [0.1, 0.15) is 12.8 Å². The zero-order valence-electron chi connectivity index (χ0n) is 10.9. The molecule has 1 saturated heterocycles. The van der Waals surface area contributed by atoms with Crippen LogP contribution in [-0.2, 0) is 9.84 Å². The molecule has 1 aliphatic heterocycles. The Bertz CT molecular complexity index is 545. The summed E-state index contributed by atoms with van der Waals surface area (Å²) in [5.41, 5.74) is 0.818. The van der Waals surface area contributed by atoms with Crippen molar-refractivity contribution in [2.45, 2.75) is 23.5 Å². The van der Waals surface area contributed by atoms with Crippen LogP contribution >= 0.6 is 0 Å². The van der Waals surface area contributed by atoms with E-state index < -0.39 is 15.6 Å². The third kappa shape index (κ3) is 3.09. The zero-order valence-corrected chi connectivity index (χ0v) is 11.7. The summed E-state index contributed by atoms with van der Waals surface area (Å²) in [6.07, 6.45) is 1.71. The van der Waals surface area contributed by atoms with Gasteiger partial charge in [-0.15, -0.1) is 0 Å². The largest absolute Gasteiger partial charge is 0.396 e. The van der Waals surface area contributed by atoms with E-state index >= 15 is 0 Å². The average Bonchev–Trinajstić information content (AvgIpc) is 2.88. The van der Waals surface area contributed by atoms with Gasteiger partial charge in [-0.1, -0.05) is 0 Å². The maximum absolute atomic E-state index is 12.4. The second kappa shape index (κ2) is 6.05. The first-order chi connectivity index (χ1) is 9.45. The van der Waals surface area contributed by atoms with E-state index in [1.165, 1.54) is 12.1 Å². The Balaban J connectivity index is 2.10. The van der Waals surface area contributed by atoms with Crippen molar-refractivity contribution in [3.63, 3.8) is 0 Å². The Morgan fingerprint density at radius 1 is 1.30 bits per heavy atom. The molecule has 1 fully saturated rings. The van der Waals surface area contributed by atoms with Crippen LogP contribution in [0, 0.1) is 5.92 Å². The van der Waals surface area contributed by atoms with Crippen molar-refractivity contribution >= 4 is 15.5 Å². The molecule has 7 heteroatoms. The third-order valence-corrected chi connectivity index (χ3v) is 4.99. The topological polar surface area (TPSA) is 57.6 Å². The highest BCUT2D eigenvalue weighted by atomic mass is 32.2. The summed E-state index contributed by atoms with van der Waals surface area (Å²) in [6.45, 7) is 1.77. The molecule has 4 nitrogen and oxygen atoms in total. The Morgan fingerprint density at radius 3 is 2.50 bits per heavy atom. The van der Waals surface area contributed by atoms with Crippen LogP contribution in [0.4, 0.5) is 14.5 Å². The van der Waals surface area contributed by atoms with E-state index in [2.05, 4.69) is 4.90 Å². The Kier molecular flexibility index (Phi) is 4.59. The van der Waals surface area contributed by atoms with Gasteiger partial charge in [-0.05, 0) is 43.0 Å². The molecule has 2 rings (SSSR count). The SMILES string of the molecule is O=S(=O)(c1ccc(N2CCC(CCO)C2)cc1)C(F)F. The van der Waals surface area contributed by atoms with E-state index in [9.17, 15) is 17.2 Å². The smallest absolute Gasteiger partial charge is 0.341 e. The number of hydrogen-bond acceptors (Lipinski definition) is 4. The minimum Gasteiger partial charge on any atom is -0.396 e. The van der Waals surface area contributed by atoms with E-state index in [0.717, 1.165) is 31.6 Å². The summed E-state index contributed by atoms with van der Waals surface area (Å²) in [5, 5.41) is 8.91. The molecule has 0 bridgehead atoms. The minimum absolute atomic E-state index is 0.157. The molecule has 1 aliphatic rings. The lowest BCUT2D eigenvalue weighted by atomic mass is 10.1. The van der Waals surface area contributed by atoms with Gasteiger partial charge in [-0.2, -0.15) is 8.78 Å². The number of rotatable bonds is 5. The summed E-state index contributed by atoms with van der Waals surface area (Å²) in [5.74, 6) is -2.97. The van der Waals surface area contributed by atoms with E-state index in [4.69, 9.17) is 5.11 Å². The van der Waals surface area contributed by atoms with Crippen LogP contribution in [-0.4, -0.2) is 39.0 Å². The number of hydrogen-bond donors (Lipinski definition) is 1. The highest BCUT2D eigenvalue weighted by Gasteiger charge is 2.27. The lowest BCUT2D eigenvalue weighted by Gasteiger charge is -2.19. The third-order valence-electron chi connectivity index (χ3n) is 3.59. The monoisotopic (exact) mass is 305 g/mol. The molecule has 0 aromatic heterocycles. The van der Waals surface area contributed by atoms with Crippen molar-refractivity contribution < 1.29 is 22.3 Å². The fourth-order valence-electron chi connectivity index (χ4n) is 2.43.